The molecule has 4 N–H and O–H groups in total. The predicted octanol–water partition coefficient (Wildman–Crippen LogP) is 1.57. The molecule has 1 unspecified atom stereocenters. The molecular formula is C15H21N3O. The molecule has 102 valence electrons. The highest BCUT2D eigenvalue weighted by molar-refractivity contribution is 5.93. The van der Waals surface area contributed by atoms with Crippen LogP contribution >= 0.6 is 0 Å². The van der Waals surface area contributed by atoms with Gasteiger partial charge in [0.15, 0.2) is 0 Å². The van der Waals surface area contributed by atoms with Gasteiger partial charge in [-0.3, -0.25) is 4.79 Å². The Morgan fingerprint density at radius 3 is 2.79 bits per heavy atom. The number of benzene rings is 1. The maximum absolute atomic E-state index is 11.3. The molecule has 0 aromatic heterocycles. The maximum atomic E-state index is 11.3. The number of nitrogens with one attached hydrogen (secondary N) is 2. The van der Waals surface area contributed by atoms with Gasteiger partial charge in [-0.25, -0.2) is 0 Å². The molecule has 3 rings (SSSR count). The van der Waals surface area contributed by atoms with Gasteiger partial charge < -0.3 is 16.4 Å². The molecule has 4 heteroatoms. The molecule has 1 amide bonds. The van der Waals surface area contributed by atoms with Crippen molar-refractivity contribution in [2.24, 2.45) is 11.7 Å². The van der Waals surface area contributed by atoms with Crippen molar-refractivity contribution in [3.8, 4) is 0 Å². The van der Waals surface area contributed by atoms with Crippen LogP contribution in [0.15, 0.2) is 18.2 Å². The largest absolute Gasteiger partial charge is 0.326 e. The minimum absolute atomic E-state index is 0.114. The molecule has 1 aromatic rings. The fraction of sp³-hybridized carbons (Fsp3) is 0.533. The minimum atomic E-state index is 0.114. The highest BCUT2D eigenvalue weighted by Crippen LogP contribution is 2.30. The van der Waals surface area contributed by atoms with E-state index in [4.69, 9.17) is 5.73 Å². The minimum Gasteiger partial charge on any atom is -0.326 e. The van der Waals surface area contributed by atoms with E-state index in [2.05, 4.69) is 22.8 Å². The smallest absolute Gasteiger partial charge is 0.224 e. The molecule has 2 heterocycles. The van der Waals surface area contributed by atoms with Crippen LogP contribution in [0.25, 0.3) is 0 Å². The van der Waals surface area contributed by atoms with Gasteiger partial charge in [0.25, 0.3) is 0 Å². The fourth-order valence-corrected chi connectivity index (χ4v) is 3.09. The van der Waals surface area contributed by atoms with E-state index >= 15 is 0 Å². The molecule has 0 bridgehead atoms. The lowest BCUT2D eigenvalue weighted by molar-refractivity contribution is -0.116. The highest BCUT2D eigenvalue weighted by Gasteiger charge is 2.23. The van der Waals surface area contributed by atoms with Crippen molar-refractivity contribution >= 4 is 11.6 Å². The van der Waals surface area contributed by atoms with Gasteiger partial charge in [-0.15, -0.1) is 0 Å². The molecule has 0 saturated carbocycles. The average molecular weight is 259 g/mol. The van der Waals surface area contributed by atoms with Crippen molar-refractivity contribution in [3.05, 3.63) is 29.3 Å². The number of carbonyl (C=O) groups is 1. The molecule has 2 aliphatic rings. The Morgan fingerprint density at radius 2 is 2.00 bits per heavy atom. The van der Waals surface area contributed by atoms with E-state index in [0.29, 0.717) is 12.3 Å². The van der Waals surface area contributed by atoms with Crippen LogP contribution in [0, 0.1) is 5.92 Å². The van der Waals surface area contributed by atoms with Crippen LogP contribution in [-0.2, 0) is 11.2 Å². The number of hydrogen-bond acceptors (Lipinski definition) is 3. The summed E-state index contributed by atoms with van der Waals surface area (Å²) >= 11 is 0. The van der Waals surface area contributed by atoms with E-state index in [0.717, 1.165) is 38.0 Å². The average Bonchev–Trinajstić information content (AvgIpc) is 2.47. The molecule has 0 aliphatic carbocycles. The first kappa shape index (κ1) is 12.6. The van der Waals surface area contributed by atoms with Crippen LogP contribution in [0.1, 0.15) is 36.4 Å². The van der Waals surface area contributed by atoms with Crippen molar-refractivity contribution in [3.63, 3.8) is 0 Å². The molecule has 2 aliphatic heterocycles. The molecule has 4 nitrogen and oxygen atoms in total. The normalized spacial score (nSPS) is 21.6. The van der Waals surface area contributed by atoms with E-state index in [1.807, 2.05) is 6.07 Å². The van der Waals surface area contributed by atoms with Crippen molar-refractivity contribution < 1.29 is 4.79 Å². The number of fused-ring (bicyclic) bond motifs is 1. The second kappa shape index (κ2) is 5.31. The van der Waals surface area contributed by atoms with E-state index < -0.39 is 0 Å². The molecule has 0 radical (unpaired) electrons. The van der Waals surface area contributed by atoms with Gasteiger partial charge in [-0.2, -0.15) is 0 Å². The third-order valence-corrected chi connectivity index (χ3v) is 4.30. The van der Waals surface area contributed by atoms with Crippen LogP contribution in [0.2, 0.25) is 0 Å². The molecule has 1 atom stereocenters. The Labute approximate surface area is 113 Å². The first-order valence-electron chi connectivity index (χ1n) is 7.13. The third-order valence-electron chi connectivity index (χ3n) is 4.30. The SMILES string of the molecule is NC(c1ccc2c(c1)CCC(=O)N2)C1CCNCC1. The number of anilines is 1. The van der Waals surface area contributed by atoms with Gasteiger partial charge in [-0.1, -0.05) is 12.1 Å². The van der Waals surface area contributed by atoms with Gasteiger partial charge in [0.2, 0.25) is 5.91 Å². The topological polar surface area (TPSA) is 67.2 Å². The van der Waals surface area contributed by atoms with Crippen molar-refractivity contribution in [1.82, 2.24) is 5.32 Å². The molecule has 1 aromatic carbocycles. The summed E-state index contributed by atoms with van der Waals surface area (Å²) in [5.74, 6) is 0.681. The van der Waals surface area contributed by atoms with Crippen molar-refractivity contribution in [2.75, 3.05) is 18.4 Å². The summed E-state index contributed by atoms with van der Waals surface area (Å²) in [5.41, 5.74) is 9.80. The maximum Gasteiger partial charge on any atom is 0.224 e. The lowest BCUT2D eigenvalue weighted by Gasteiger charge is -2.29. The zero-order chi connectivity index (χ0) is 13.2. The molecule has 1 saturated heterocycles. The van der Waals surface area contributed by atoms with Crippen LogP contribution in [0.3, 0.4) is 0 Å². The van der Waals surface area contributed by atoms with Gasteiger partial charge in [-0.05, 0) is 55.5 Å². The van der Waals surface area contributed by atoms with Crippen molar-refractivity contribution in [2.45, 2.75) is 31.7 Å². The molecular weight excluding hydrogens is 238 g/mol. The third kappa shape index (κ3) is 2.65. The monoisotopic (exact) mass is 259 g/mol. The summed E-state index contributed by atoms with van der Waals surface area (Å²) in [6, 6.07) is 6.37. The Balaban J connectivity index is 1.79. The summed E-state index contributed by atoms with van der Waals surface area (Å²) in [7, 11) is 0. The second-order valence-corrected chi connectivity index (χ2v) is 5.58. The van der Waals surface area contributed by atoms with Crippen molar-refractivity contribution in [1.29, 1.82) is 0 Å². The van der Waals surface area contributed by atoms with E-state index in [9.17, 15) is 4.79 Å². The Hall–Kier alpha value is -1.39. The second-order valence-electron chi connectivity index (χ2n) is 5.58. The quantitative estimate of drug-likeness (QED) is 0.755. The number of piperidine rings is 1. The first-order chi connectivity index (χ1) is 9.24. The Bertz CT molecular complexity index is 480. The van der Waals surface area contributed by atoms with Gasteiger partial charge in [0.1, 0.15) is 0 Å². The van der Waals surface area contributed by atoms with Crippen LogP contribution in [0.4, 0.5) is 5.69 Å². The standard InChI is InChI=1S/C15H21N3O/c16-15(10-5-7-17-8-6-10)12-1-3-13-11(9-12)2-4-14(19)18-13/h1,3,9-10,15,17H,2,4-8,16H2,(H,18,19). The molecule has 1 fully saturated rings. The summed E-state index contributed by atoms with van der Waals surface area (Å²) in [4.78, 5) is 11.3. The number of nitrogens with two attached hydrogens (primary N) is 1. The first-order valence-corrected chi connectivity index (χ1v) is 7.13. The lowest BCUT2D eigenvalue weighted by Crippen LogP contribution is -2.33. The zero-order valence-electron chi connectivity index (χ0n) is 11.1. The number of amides is 1. The fourth-order valence-electron chi connectivity index (χ4n) is 3.09. The van der Waals surface area contributed by atoms with Gasteiger partial charge in [0.05, 0.1) is 0 Å². The van der Waals surface area contributed by atoms with E-state index in [1.54, 1.807) is 0 Å². The Kier molecular flexibility index (Phi) is 3.53. The molecule has 0 spiro atoms. The van der Waals surface area contributed by atoms with Gasteiger partial charge in [0, 0.05) is 18.2 Å². The molecule has 19 heavy (non-hydrogen) atoms. The summed E-state index contributed by atoms with van der Waals surface area (Å²) in [6.45, 7) is 2.14. The highest BCUT2D eigenvalue weighted by atomic mass is 16.1. The lowest BCUT2D eigenvalue weighted by atomic mass is 9.85. The number of rotatable bonds is 2. The van der Waals surface area contributed by atoms with Gasteiger partial charge >= 0.3 is 0 Å². The van der Waals surface area contributed by atoms with Crippen LogP contribution in [-0.4, -0.2) is 19.0 Å². The number of aryl methyl sites for hydroxylation is 1. The Morgan fingerprint density at radius 1 is 1.21 bits per heavy atom. The zero-order valence-corrected chi connectivity index (χ0v) is 11.1. The number of hydrogen-bond donors (Lipinski definition) is 3. The van der Waals surface area contributed by atoms with Crippen LogP contribution < -0.4 is 16.4 Å². The predicted molar refractivity (Wildman–Crippen MR) is 75.9 cm³/mol. The van der Waals surface area contributed by atoms with E-state index in [-0.39, 0.29) is 11.9 Å². The summed E-state index contributed by atoms with van der Waals surface area (Å²) in [5, 5.41) is 6.29. The van der Waals surface area contributed by atoms with E-state index in [1.165, 1.54) is 11.1 Å². The van der Waals surface area contributed by atoms with Crippen LogP contribution in [0.5, 0.6) is 0 Å². The number of carbonyl (C=O) groups excluding carboxylic acids is 1. The summed E-state index contributed by atoms with van der Waals surface area (Å²) in [6.07, 6.45) is 3.71. The summed E-state index contributed by atoms with van der Waals surface area (Å²) < 4.78 is 0.